The second-order valence-corrected chi connectivity index (χ2v) is 2.74. The molecule has 1 heteroatoms. The zero-order valence-corrected chi connectivity index (χ0v) is 6.72. The molecule has 0 aliphatic heterocycles. The molecular weight excluding hydrogens is 119 g/mol. The van der Waals surface area contributed by atoms with E-state index in [1.165, 1.54) is 24.7 Å². The molecule has 0 aromatic heterocycles. The molecule has 0 saturated carbocycles. The van der Waals surface area contributed by atoms with Crippen LogP contribution in [0.5, 0.6) is 0 Å². The van der Waals surface area contributed by atoms with Crippen molar-refractivity contribution in [3.8, 4) is 0 Å². The highest BCUT2D eigenvalue weighted by Crippen LogP contribution is 2.03. The van der Waals surface area contributed by atoms with Crippen LogP contribution in [-0.4, -0.2) is 7.28 Å². The molecule has 0 N–H and O–H groups in total. The van der Waals surface area contributed by atoms with Crippen LogP contribution in [0.1, 0.15) is 11.1 Å². The van der Waals surface area contributed by atoms with E-state index >= 15 is 0 Å². The molecule has 0 saturated heterocycles. The molecule has 0 unspecified atom stereocenters. The van der Waals surface area contributed by atoms with Crippen LogP contribution in [0.4, 0.5) is 0 Å². The quantitative estimate of drug-likeness (QED) is 0.539. The fourth-order valence-corrected chi connectivity index (χ4v) is 1.16. The maximum atomic E-state index is 2.25. The lowest BCUT2D eigenvalue weighted by Crippen LogP contribution is -1.90. The minimum atomic E-state index is 1.21. The van der Waals surface area contributed by atoms with Crippen LogP contribution >= 0.6 is 0 Å². The maximum Gasteiger partial charge on any atom is 0.122 e. The van der Waals surface area contributed by atoms with Gasteiger partial charge in [0.2, 0.25) is 0 Å². The molecular formula is C9H13B. The molecule has 0 bridgehead atoms. The fourth-order valence-electron chi connectivity index (χ4n) is 1.16. The van der Waals surface area contributed by atoms with E-state index in [-0.39, 0.29) is 0 Å². The topological polar surface area (TPSA) is 0 Å². The Bertz CT molecular complexity index is 206. The van der Waals surface area contributed by atoms with Gasteiger partial charge in [-0.05, 0) is 6.92 Å². The van der Waals surface area contributed by atoms with Gasteiger partial charge >= 0.3 is 0 Å². The number of hydrogen-bond acceptors (Lipinski definition) is 0. The Kier molecular flexibility index (Phi) is 2.55. The standard InChI is InChI=1S/C9H13B/c1-8-4-3-5-9(6-8)7-10-2/h3-6,10H,7H2,1-2H3. The summed E-state index contributed by atoms with van der Waals surface area (Å²) in [7, 11) is 1.24. The summed E-state index contributed by atoms with van der Waals surface area (Å²) >= 11 is 0. The molecule has 1 aromatic rings. The molecule has 1 rings (SSSR count). The van der Waals surface area contributed by atoms with E-state index in [1.54, 1.807) is 0 Å². The third kappa shape index (κ3) is 1.91. The lowest BCUT2D eigenvalue weighted by Gasteiger charge is -1.97. The monoisotopic (exact) mass is 132 g/mol. The molecule has 0 radical (unpaired) electrons. The number of rotatable bonds is 2. The SMILES string of the molecule is CBCc1cccc(C)c1. The minimum absolute atomic E-state index is 1.21. The highest BCUT2D eigenvalue weighted by molar-refractivity contribution is 6.32. The summed E-state index contributed by atoms with van der Waals surface area (Å²) in [5.74, 6) is 0. The van der Waals surface area contributed by atoms with Crippen LogP contribution < -0.4 is 0 Å². The van der Waals surface area contributed by atoms with Gasteiger partial charge in [0.25, 0.3) is 0 Å². The zero-order valence-electron chi connectivity index (χ0n) is 6.72. The van der Waals surface area contributed by atoms with Crippen LogP contribution in [0.3, 0.4) is 0 Å². The van der Waals surface area contributed by atoms with Crippen molar-refractivity contribution in [1.29, 1.82) is 0 Å². The normalized spacial score (nSPS) is 9.40. The van der Waals surface area contributed by atoms with Gasteiger partial charge in [-0.3, -0.25) is 0 Å². The largest absolute Gasteiger partial charge is 0.122 e. The van der Waals surface area contributed by atoms with Gasteiger partial charge in [-0.25, -0.2) is 0 Å². The van der Waals surface area contributed by atoms with Gasteiger partial charge in [0, 0.05) is 0 Å². The van der Waals surface area contributed by atoms with E-state index in [2.05, 4.69) is 38.0 Å². The average molecular weight is 132 g/mol. The van der Waals surface area contributed by atoms with Gasteiger partial charge in [-0.1, -0.05) is 48.5 Å². The summed E-state index contributed by atoms with van der Waals surface area (Å²) in [5.41, 5.74) is 2.83. The van der Waals surface area contributed by atoms with E-state index < -0.39 is 0 Å². The summed E-state index contributed by atoms with van der Waals surface area (Å²) in [6, 6.07) is 8.71. The van der Waals surface area contributed by atoms with Crippen LogP contribution in [-0.2, 0) is 6.32 Å². The first-order chi connectivity index (χ1) is 4.83. The van der Waals surface area contributed by atoms with Crippen molar-refractivity contribution < 1.29 is 0 Å². The fraction of sp³-hybridized carbons (Fsp3) is 0.333. The molecule has 0 atom stereocenters. The summed E-state index contributed by atoms with van der Waals surface area (Å²) in [6.07, 6.45) is 1.21. The van der Waals surface area contributed by atoms with Crippen molar-refractivity contribution in [3.63, 3.8) is 0 Å². The minimum Gasteiger partial charge on any atom is -0.0891 e. The van der Waals surface area contributed by atoms with Gasteiger partial charge in [-0.2, -0.15) is 0 Å². The van der Waals surface area contributed by atoms with Crippen molar-refractivity contribution in [1.82, 2.24) is 0 Å². The predicted octanol–water partition coefficient (Wildman–Crippen LogP) is 1.98. The second-order valence-electron chi connectivity index (χ2n) is 2.74. The van der Waals surface area contributed by atoms with Crippen molar-refractivity contribution >= 4 is 7.28 Å². The van der Waals surface area contributed by atoms with Crippen LogP contribution in [0, 0.1) is 6.92 Å². The predicted molar refractivity (Wildman–Crippen MR) is 47.9 cm³/mol. The summed E-state index contributed by atoms with van der Waals surface area (Å²) in [4.78, 5) is 0. The summed E-state index contributed by atoms with van der Waals surface area (Å²) in [5, 5.41) is 0. The van der Waals surface area contributed by atoms with E-state index in [0.717, 1.165) is 0 Å². The van der Waals surface area contributed by atoms with Crippen LogP contribution in [0.25, 0.3) is 0 Å². The van der Waals surface area contributed by atoms with Crippen molar-refractivity contribution in [3.05, 3.63) is 35.4 Å². The molecule has 0 amide bonds. The molecule has 0 aliphatic carbocycles. The lowest BCUT2D eigenvalue weighted by molar-refractivity contribution is 1.33. The molecule has 10 heavy (non-hydrogen) atoms. The first kappa shape index (κ1) is 7.39. The molecule has 0 heterocycles. The molecule has 0 fully saturated rings. The number of aryl methyl sites for hydroxylation is 1. The number of benzene rings is 1. The first-order valence-electron chi connectivity index (χ1n) is 3.88. The molecule has 0 nitrogen and oxygen atoms in total. The molecule has 0 aliphatic rings. The highest BCUT2D eigenvalue weighted by Gasteiger charge is 1.89. The van der Waals surface area contributed by atoms with Gasteiger partial charge < -0.3 is 0 Å². The van der Waals surface area contributed by atoms with E-state index in [0.29, 0.717) is 0 Å². The zero-order chi connectivity index (χ0) is 7.40. The van der Waals surface area contributed by atoms with Crippen LogP contribution in [0.15, 0.2) is 24.3 Å². The van der Waals surface area contributed by atoms with Gasteiger partial charge in [-0.15, -0.1) is 0 Å². The van der Waals surface area contributed by atoms with E-state index in [1.807, 2.05) is 0 Å². The van der Waals surface area contributed by atoms with Gasteiger partial charge in [0.1, 0.15) is 7.28 Å². The van der Waals surface area contributed by atoms with Crippen molar-refractivity contribution in [2.45, 2.75) is 20.1 Å². The van der Waals surface area contributed by atoms with Crippen molar-refractivity contribution in [2.75, 3.05) is 0 Å². The van der Waals surface area contributed by atoms with Crippen molar-refractivity contribution in [2.24, 2.45) is 0 Å². The van der Waals surface area contributed by atoms with E-state index in [4.69, 9.17) is 0 Å². The third-order valence-electron chi connectivity index (χ3n) is 1.62. The third-order valence-corrected chi connectivity index (χ3v) is 1.62. The Morgan fingerprint density at radius 1 is 1.40 bits per heavy atom. The smallest absolute Gasteiger partial charge is 0.0891 e. The Balaban J connectivity index is 2.75. The van der Waals surface area contributed by atoms with Gasteiger partial charge in [0.15, 0.2) is 0 Å². The maximum absolute atomic E-state index is 2.25. The Labute approximate surface area is 63.5 Å². The Morgan fingerprint density at radius 3 is 2.80 bits per heavy atom. The molecule has 52 valence electrons. The Hall–Kier alpha value is -0.715. The second kappa shape index (κ2) is 3.45. The highest BCUT2D eigenvalue weighted by atomic mass is 13.9. The average Bonchev–Trinajstić information content (AvgIpc) is 1.88. The first-order valence-corrected chi connectivity index (χ1v) is 3.88. The molecule has 1 aromatic carbocycles. The van der Waals surface area contributed by atoms with Gasteiger partial charge in [0.05, 0.1) is 0 Å². The lowest BCUT2D eigenvalue weighted by atomic mass is 9.75. The summed E-state index contributed by atoms with van der Waals surface area (Å²) < 4.78 is 0. The molecule has 0 spiro atoms. The summed E-state index contributed by atoms with van der Waals surface area (Å²) in [6.45, 7) is 4.35. The van der Waals surface area contributed by atoms with E-state index in [9.17, 15) is 0 Å². The number of hydrogen-bond donors (Lipinski definition) is 0. The Morgan fingerprint density at radius 2 is 2.20 bits per heavy atom. The van der Waals surface area contributed by atoms with Crippen LogP contribution in [0.2, 0.25) is 6.82 Å².